The molecule has 0 amide bonds. The molecule has 0 aliphatic rings. The second-order valence-corrected chi connectivity index (χ2v) is 4.12. The summed E-state index contributed by atoms with van der Waals surface area (Å²) in [5, 5.41) is 10.4. The molecule has 0 fully saturated rings. The fourth-order valence-electron chi connectivity index (χ4n) is 0.684. The van der Waals surface area contributed by atoms with Gasteiger partial charge in [-0.2, -0.15) is 0 Å². The standard InChI is InChI=1S/C8H11NOS/c1-6(2)11-8-4-3-7(10)5-9-8/h3-6,10H,1-2H3. The third-order valence-electron chi connectivity index (χ3n) is 1.08. The lowest BCUT2D eigenvalue weighted by atomic mass is 10.5. The predicted octanol–water partition coefficient (Wildman–Crippen LogP) is 2.29. The molecule has 0 atom stereocenters. The Labute approximate surface area is 70.7 Å². The van der Waals surface area contributed by atoms with Gasteiger partial charge in [-0.3, -0.25) is 0 Å². The normalized spacial score (nSPS) is 10.5. The summed E-state index contributed by atoms with van der Waals surface area (Å²) in [6, 6.07) is 3.47. The predicted molar refractivity (Wildman–Crippen MR) is 46.9 cm³/mol. The molecule has 0 aliphatic heterocycles. The molecule has 1 N–H and O–H groups in total. The largest absolute Gasteiger partial charge is 0.506 e. The summed E-state index contributed by atoms with van der Waals surface area (Å²) in [7, 11) is 0. The Hall–Kier alpha value is -0.700. The van der Waals surface area contributed by atoms with Crippen molar-refractivity contribution in [2.45, 2.75) is 24.1 Å². The minimum absolute atomic E-state index is 0.220. The zero-order valence-electron chi connectivity index (χ0n) is 6.61. The van der Waals surface area contributed by atoms with Crippen molar-refractivity contribution in [3.8, 4) is 5.75 Å². The van der Waals surface area contributed by atoms with Gasteiger partial charge in [0.15, 0.2) is 0 Å². The van der Waals surface area contributed by atoms with Gasteiger partial charge in [0.1, 0.15) is 5.75 Å². The van der Waals surface area contributed by atoms with Gasteiger partial charge >= 0.3 is 0 Å². The zero-order valence-corrected chi connectivity index (χ0v) is 7.43. The Bertz CT molecular complexity index is 220. The maximum Gasteiger partial charge on any atom is 0.133 e. The number of hydrogen-bond donors (Lipinski definition) is 1. The fourth-order valence-corrected chi connectivity index (χ4v) is 1.43. The van der Waals surface area contributed by atoms with Crippen LogP contribution in [-0.4, -0.2) is 15.3 Å². The van der Waals surface area contributed by atoms with Gasteiger partial charge in [-0.1, -0.05) is 13.8 Å². The molecule has 0 saturated heterocycles. The van der Waals surface area contributed by atoms with Crippen LogP contribution in [0.4, 0.5) is 0 Å². The van der Waals surface area contributed by atoms with E-state index in [0.717, 1.165) is 5.03 Å². The highest BCUT2D eigenvalue weighted by molar-refractivity contribution is 7.99. The lowest BCUT2D eigenvalue weighted by Crippen LogP contribution is -1.87. The molecular weight excluding hydrogens is 158 g/mol. The Morgan fingerprint density at radius 1 is 1.45 bits per heavy atom. The average Bonchev–Trinajstić information content (AvgIpc) is 1.93. The van der Waals surface area contributed by atoms with E-state index in [1.54, 1.807) is 17.8 Å². The third-order valence-corrected chi connectivity index (χ3v) is 2.03. The quantitative estimate of drug-likeness (QED) is 0.689. The number of rotatable bonds is 2. The lowest BCUT2D eigenvalue weighted by molar-refractivity contribution is 0.471. The van der Waals surface area contributed by atoms with Crippen molar-refractivity contribution in [2.24, 2.45) is 0 Å². The highest BCUT2D eigenvalue weighted by atomic mass is 32.2. The van der Waals surface area contributed by atoms with E-state index in [2.05, 4.69) is 18.8 Å². The molecule has 1 heterocycles. The average molecular weight is 169 g/mol. The molecule has 0 saturated carbocycles. The van der Waals surface area contributed by atoms with E-state index in [9.17, 15) is 0 Å². The van der Waals surface area contributed by atoms with E-state index in [1.165, 1.54) is 6.20 Å². The van der Waals surface area contributed by atoms with Gasteiger partial charge in [-0.25, -0.2) is 4.98 Å². The van der Waals surface area contributed by atoms with E-state index in [0.29, 0.717) is 5.25 Å². The van der Waals surface area contributed by atoms with Crippen LogP contribution < -0.4 is 0 Å². The van der Waals surface area contributed by atoms with E-state index in [1.807, 2.05) is 6.07 Å². The van der Waals surface area contributed by atoms with Gasteiger partial charge < -0.3 is 5.11 Å². The van der Waals surface area contributed by atoms with Crippen LogP contribution in [0.5, 0.6) is 5.75 Å². The summed E-state index contributed by atoms with van der Waals surface area (Å²) >= 11 is 1.68. The molecule has 2 nitrogen and oxygen atoms in total. The van der Waals surface area contributed by atoms with Crippen LogP contribution in [0.1, 0.15) is 13.8 Å². The molecule has 0 radical (unpaired) electrons. The maximum atomic E-state index is 8.92. The van der Waals surface area contributed by atoms with E-state index in [4.69, 9.17) is 5.11 Å². The number of aromatic nitrogens is 1. The van der Waals surface area contributed by atoms with Gasteiger partial charge in [0.05, 0.1) is 11.2 Å². The first-order chi connectivity index (χ1) is 5.18. The first-order valence-electron chi connectivity index (χ1n) is 3.50. The lowest BCUT2D eigenvalue weighted by Gasteiger charge is -2.02. The number of nitrogens with zero attached hydrogens (tertiary/aromatic N) is 1. The highest BCUT2D eigenvalue weighted by Crippen LogP contribution is 2.21. The maximum absolute atomic E-state index is 8.92. The molecule has 0 aromatic carbocycles. The van der Waals surface area contributed by atoms with Crippen molar-refractivity contribution in [2.75, 3.05) is 0 Å². The minimum Gasteiger partial charge on any atom is -0.506 e. The van der Waals surface area contributed by atoms with Crippen molar-refractivity contribution < 1.29 is 5.11 Å². The topological polar surface area (TPSA) is 33.1 Å². The van der Waals surface area contributed by atoms with Crippen LogP contribution in [0.15, 0.2) is 23.4 Å². The molecule has 1 aromatic heterocycles. The molecule has 11 heavy (non-hydrogen) atoms. The summed E-state index contributed by atoms with van der Waals surface area (Å²) in [6.45, 7) is 4.22. The molecule has 60 valence electrons. The zero-order chi connectivity index (χ0) is 8.27. The summed E-state index contributed by atoms with van der Waals surface area (Å²) in [5.74, 6) is 0.220. The Balaban J connectivity index is 2.66. The second kappa shape index (κ2) is 3.62. The second-order valence-electron chi connectivity index (χ2n) is 2.52. The van der Waals surface area contributed by atoms with Gasteiger partial charge in [0, 0.05) is 5.25 Å². The van der Waals surface area contributed by atoms with Gasteiger partial charge in [0.25, 0.3) is 0 Å². The van der Waals surface area contributed by atoms with Crippen LogP contribution in [-0.2, 0) is 0 Å². The van der Waals surface area contributed by atoms with Crippen LogP contribution in [0.2, 0.25) is 0 Å². The molecule has 3 heteroatoms. The van der Waals surface area contributed by atoms with Crippen LogP contribution in [0, 0.1) is 0 Å². The number of hydrogen-bond acceptors (Lipinski definition) is 3. The molecule has 1 aromatic rings. The SMILES string of the molecule is CC(C)Sc1ccc(O)cn1. The molecule has 1 rings (SSSR count). The number of aromatic hydroxyl groups is 1. The first-order valence-corrected chi connectivity index (χ1v) is 4.38. The van der Waals surface area contributed by atoms with Gasteiger partial charge in [0.2, 0.25) is 0 Å². The van der Waals surface area contributed by atoms with Crippen LogP contribution in [0.25, 0.3) is 0 Å². The molecule has 0 unspecified atom stereocenters. The van der Waals surface area contributed by atoms with Crippen molar-refractivity contribution in [3.05, 3.63) is 18.3 Å². The number of thioether (sulfide) groups is 1. The summed E-state index contributed by atoms with van der Waals surface area (Å²) in [4.78, 5) is 4.03. The molecule has 0 aliphatic carbocycles. The van der Waals surface area contributed by atoms with Crippen molar-refractivity contribution in [3.63, 3.8) is 0 Å². The van der Waals surface area contributed by atoms with Crippen molar-refractivity contribution in [1.82, 2.24) is 4.98 Å². The highest BCUT2D eigenvalue weighted by Gasteiger charge is 1.98. The van der Waals surface area contributed by atoms with Gasteiger partial charge in [-0.15, -0.1) is 11.8 Å². The van der Waals surface area contributed by atoms with Crippen LogP contribution in [0.3, 0.4) is 0 Å². The summed E-state index contributed by atoms with van der Waals surface area (Å²) in [5.41, 5.74) is 0. The Morgan fingerprint density at radius 2 is 2.18 bits per heavy atom. The van der Waals surface area contributed by atoms with E-state index < -0.39 is 0 Å². The molecular formula is C8H11NOS. The summed E-state index contributed by atoms with van der Waals surface area (Å²) in [6.07, 6.45) is 1.46. The van der Waals surface area contributed by atoms with Crippen molar-refractivity contribution in [1.29, 1.82) is 0 Å². The van der Waals surface area contributed by atoms with Crippen LogP contribution >= 0.6 is 11.8 Å². The number of pyridine rings is 1. The Morgan fingerprint density at radius 3 is 2.64 bits per heavy atom. The third kappa shape index (κ3) is 2.80. The summed E-state index contributed by atoms with van der Waals surface area (Å²) < 4.78 is 0. The minimum atomic E-state index is 0.220. The molecule has 0 spiro atoms. The monoisotopic (exact) mass is 169 g/mol. The molecule has 0 bridgehead atoms. The van der Waals surface area contributed by atoms with E-state index in [-0.39, 0.29) is 5.75 Å². The van der Waals surface area contributed by atoms with E-state index >= 15 is 0 Å². The fraction of sp³-hybridized carbons (Fsp3) is 0.375. The van der Waals surface area contributed by atoms with Crippen molar-refractivity contribution >= 4 is 11.8 Å². The van der Waals surface area contributed by atoms with Gasteiger partial charge in [-0.05, 0) is 12.1 Å². The first kappa shape index (κ1) is 8.40. The Kier molecular flexibility index (Phi) is 2.76. The smallest absolute Gasteiger partial charge is 0.133 e.